The SMILES string of the molecule is O=C(/C(=C/Nc1cc(Cl)ccc1C(=O)O)c1nnnn1-c1ccccc1)c1cccc(C(F)(F)F)c1. The molecular formula is C24H15ClF3N5O3. The molecule has 0 spiro atoms. The van der Waals surface area contributed by atoms with Gasteiger partial charge in [0.1, 0.15) is 0 Å². The number of benzene rings is 3. The Kier molecular flexibility index (Phi) is 6.84. The van der Waals surface area contributed by atoms with Crippen molar-refractivity contribution in [2.24, 2.45) is 0 Å². The van der Waals surface area contributed by atoms with E-state index in [-0.39, 0.29) is 33.2 Å². The molecule has 0 radical (unpaired) electrons. The number of carbonyl (C=O) groups is 2. The number of ketones is 1. The highest BCUT2D eigenvalue weighted by atomic mass is 35.5. The number of alkyl halides is 3. The molecule has 0 aliphatic rings. The molecule has 36 heavy (non-hydrogen) atoms. The number of tetrazole rings is 1. The molecule has 0 amide bonds. The van der Waals surface area contributed by atoms with E-state index in [1.54, 1.807) is 30.3 Å². The lowest BCUT2D eigenvalue weighted by Crippen LogP contribution is -2.13. The summed E-state index contributed by atoms with van der Waals surface area (Å²) in [6, 6.07) is 16.4. The van der Waals surface area contributed by atoms with Crippen LogP contribution in [0.4, 0.5) is 18.9 Å². The lowest BCUT2D eigenvalue weighted by Gasteiger charge is -2.12. The van der Waals surface area contributed by atoms with E-state index in [1.165, 1.54) is 28.9 Å². The molecule has 4 rings (SSSR count). The lowest BCUT2D eigenvalue weighted by molar-refractivity contribution is -0.137. The van der Waals surface area contributed by atoms with E-state index in [9.17, 15) is 27.9 Å². The summed E-state index contributed by atoms with van der Waals surface area (Å²) in [6.45, 7) is 0. The van der Waals surface area contributed by atoms with Crippen molar-refractivity contribution in [3.05, 3.63) is 107 Å². The number of halogens is 4. The molecule has 2 N–H and O–H groups in total. The first kappa shape index (κ1) is 24.6. The predicted molar refractivity (Wildman–Crippen MR) is 125 cm³/mol. The standard InChI is InChI=1S/C24H15ClF3N5O3/c25-16-9-10-18(23(35)36)20(12-16)29-13-19(21(34)14-5-4-6-15(11-14)24(26,27)28)22-30-31-32-33(22)17-7-2-1-3-8-17/h1-13,29H,(H,35,36)/b19-13-. The van der Waals surface area contributed by atoms with E-state index in [4.69, 9.17) is 11.6 Å². The average Bonchev–Trinajstić information content (AvgIpc) is 3.33. The number of Topliss-reactive ketones (excluding diaryl/α,β-unsaturated/α-hetero) is 1. The number of hydrogen-bond donors (Lipinski definition) is 2. The minimum Gasteiger partial charge on any atom is -0.478 e. The minimum atomic E-state index is -4.67. The van der Waals surface area contributed by atoms with Gasteiger partial charge in [-0.05, 0) is 52.9 Å². The molecule has 0 atom stereocenters. The minimum absolute atomic E-state index is 0.0445. The second-order valence-electron chi connectivity index (χ2n) is 7.35. The van der Waals surface area contributed by atoms with Crippen LogP contribution < -0.4 is 5.32 Å². The molecule has 4 aromatic rings. The van der Waals surface area contributed by atoms with Crippen molar-refractivity contribution >= 4 is 34.6 Å². The van der Waals surface area contributed by atoms with Crippen molar-refractivity contribution < 1.29 is 27.9 Å². The largest absolute Gasteiger partial charge is 0.478 e. The summed E-state index contributed by atoms with van der Waals surface area (Å²) in [5.74, 6) is -2.18. The fraction of sp³-hybridized carbons (Fsp3) is 0.0417. The summed E-state index contributed by atoms with van der Waals surface area (Å²) >= 11 is 6.00. The molecule has 3 aromatic carbocycles. The Morgan fingerprint density at radius 1 is 1.00 bits per heavy atom. The fourth-order valence-electron chi connectivity index (χ4n) is 3.29. The maximum atomic E-state index is 13.5. The van der Waals surface area contributed by atoms with Gasteiger partial charge in [-0.15, -0.1) is 5.10 Å². The first-order valence-corrected chi connectivity index (χ1v) is 10.6. The second kappa shape index (κ2) is 10.0. The summed E-state index contributed by atoms with van der Waals surface area (Å²) in [7, 11) is 0. The van der Waals surface area contributed by atoms with Gasteiger partial charge in [-0.2, -0.15) is 17.9 Å². The van der Waals surface area contributed by atoms with E-state index in [1.807, 2.05) is 0 Å². The third-order valence-corrected chi connectivity index (χ3v) is 5.23. The zero-order valence-electron chi connectivity index (χ0n) is 18.1. The van der Waals surface area contributed by atoms with Gasteiger partial charge in [0.2, 0.25) is 0 Å². The quantitative estimate of drug-likeness (QED) is 0.252. The van der Waals surface area contributed by atoms with Crippen LogP contribution in [0.1, 0.15) is 32.1 Å². The van der Waals surface area contributed by atoms with Gasteiger partial charge in [0.05, 0.1) is 28.1 Å². The molecule has 0 saturated heterocycles. The second-order valence-corrected chi connectivity index (χ2v) is 7.79. The maximum Gasteiger partial charge on any atom is 0.416 e. The zero-order chi connectivity index (χ0) is 25.9. The molecule has 0 fully saturated rings. The van der Waals surface area contributed by atoms with Crippen molar-refractivity contribution in [1.29, 1.82) is 0 Å². The molecule has 12 heteroatoms. The molecule has 182 valence electrons. The van der Waals surface area contributed by atoms with Crippen LogP contribution >= 0.6 is 11.6 Å². The molecule has 0 aliphatic carbocycles. The number of hydrogen-bond acceptors (Lipinski definition) is 6. The molecule has 0 saturated carbocycles. The van der Waals surface area contributed by atoms with Crippen LogP contribution in [0.2, 0.25) is 5.02 Å². The van der Waals surface area contributed by atoms with E-state index < -0.39 is 23.5 Å². The van der Waals surface area contributed by atoms with Crippen molar-refractivity contribution in [3.63, 3.8) is 0 Å². The number of rotatable bonds is 7. The third-order valence-electron chi connectivity index (χ3n) is 4.99. The highest BCUT2D eigenvalue weighted by Crippen LogP contribution is 2.31. The predicted octanol–water partition coefficient (Wildman–Crippen LogP) is 5.37. The van der Waals surface area contributed by atoms with Crippen LogP contribution in [-0.4, -0.2) is 37.1 Å². The summed E-state index contributed by atoms with van der Waals surface area (Å²) < 4.78 is 41.1. The highest BCUT2D eigenvalue weighted by Gasteiger charge is 2.31. The number of anilines is 1. The van der Waals surface area contributed by atoms with Gasteiger partial charge >= 0.3 is 12.1 Å². The van der Waals surface area contributed by atoms with Crippen LogP contribution in [0.15, 0.2) is 79.0 Å². The molecule has 0 bridgehead atoms. The Morgan fingerprint density at radius 3 is 2.44 bits per heavy atom. The molecule has 8 nitrogen and oxygen atoms in total. The smallest absolute Gasteiger partial charge is 0.416 e. The van der Waals surface area contributed by atoms with E-state index in [0.717, 1.165) is 24.4 Å². The highest BCUT2D eigenvalue weighted by molar-refractivity contribution is 6.31. The van der Waals surface area contributed by atoms with Gasteiger partial charge in [0, 0.05) is 16.8 Å². The average molecular weight is 514 g/mol. The van der Waals surface area contributed by atoms with Crippen molar-refractivity contribution in [2.45, 2.75) is 6.18 Å². The Bertz CT molecular complexity index is 1470. The number of carbonyl (C=O) groups excluding carboxylic acids is 1. The number of carboxylic acids is 1. The number of nitrogens with zero attached hydrogens (tertiary/aromatic N) is 4. The van der Waals surface area contributed by atoms with Gasteiger partial charge in [-0.1, -0.05) is 41.9 Å². The summed E-state index contributed by atoms with van der Waals surface area (Å²) in [6.07, 6.45) is -3.53. The summed E-state index contributed by atoms with van der Waals surface area (Å²) in [4.78, 5) is 25.1. The Hall–Kier alpha value is -4.51. The Labute approximate surface area is 206 Å². The third kappa shape index (κ3) is 5.26. The zero-order valence-corrected chi connectivity index (χ0v) is 18.8. The lowest BCUT2D eigenvalue weighted by atomic mass is 10.0. The normalized spacial score (nSPS) is 11.8. The number of para-hydroxylation sites is 1. The van der Waals surface area contributed by atoms with Crippen LogP contribution in [0.3, 0.4) is 0 Å². The van der Waals surface area contributed by atoms with E-state index >= 15 is 0 Å². The molecule has 0 unspecified atom stereocenters. The van der Waals surface area contributed by atoms with E-state index in [2.05, 4.69) is 20.8 Å². The first-order valence-electron chi connectivity index (χ1n) is 10.2. The number of aromatic carboxylic acids is 1. The number of aromatic nitrogens is 4. The number of allylic oxidation sites excluding steroid dienone is 1. The molecule has 1 aromatic heterocycles. The van der Waals surface area contributed by atoms with Gasteiger partial charge in [-0.3, -0.25) is 4.79 Å². The van der Waals surface area contributed by atoms with Crippen LogP contribution in [0, 0.1) is 0 Å². The van der Waals surface area contributed by atoms with Crippen LogP contribution in [-0.2, 0) is 6.18 Å². The van der Waals surface area contributed by atoms with Crippen molar-refractivity contribution in [2.75, 3.05) is 5.32 Å². The van der Waals surface area contributed by atoms with E-state index in [0.29, 0.717) is 5.69 Å². The Balaban J connectivity index is 1.85. The van der Waals surface area contributed by atoms with Crippen LogP contribution in [0.5, 0.6) is 0 Å². The topological polar surface area (TPSA) is 110 Å². The monoisotopic (exact) mass is 513 g/mol. The fourth-order valence-corrected chi connectivity index (χ4v) is 3.47. The number of nitrogens with one attached hydrogen (secondary N) is 1. The maximum absolute atomic E-state index is 13.5. The molecule has 1 heterocycles. The first-order chi connectivity index (χ1) is 17.1. The summed E-state index contributed by atoms with van der Waals surface area (Å²) in [5, 5.41) is 23.8. The van der Waals surface area contributed by atoms with Gasteiger partial charge in [0.25, 0.3) is 0 Å². The van der Waals surface area contributed by atoms with Gasteiger partial charge in [0.15, 0.2) is 11.6 Å². The van der Waals surface area contributed by atoms with Crippen LogP contribution in [0.25, 0.3) is 11.3 Å². The van der Waals surface area contributed by atoms with Crippen molar-refractivity contribution in [1.82, 2.24) is 20.2 Å². The Morgan fingerprint density at radius 2 is 1.75 bits per heavy atom. The number of carboxylic acid groups (broad SMARTS) is 1. The van der Waals surface area contributed by atoms with Crippen molar-refractivity contribution in [3.8, 4) is 5.69 Å². The van der Waals surface area contributed by atoms with Gasteiger partial charge < -0.3 is 10.4 Å². The molecule has 0 aliphatic heterocycles. The summed E-state index contributed by atoms with van der Waals surface area (Å²) in [5.41, 5.74) is -1.13. The molecular weight excluding hydrogens is 499 g/mol. The van der Waals surface area contributed by atoms with Gasteiger partial charge in [-0.25, -0.2) is 4.79 Å².